The molecule has 0 radical (unpaired) electrons. The van der Waals surface area contributed by atoms with Gasteiger partial charge in [-0.1, -0.05) is 18.2 Å². The number of halogens is 1. The molecule has 2 heterocycles. The molecule has 0 saturated carbocycles. The molecule has 0 saturated heterocycles. The Morgan fingerprint density at radius 3 is 2.62 bits per heavy atom. The zero-order valence-electron chi connectivity index (χ0n) is 12.4. The number of benzene rings is 1. The molecule has 2 aromatic heterocycles. The number of fused-ring (bicyclic) bond motifs is 1. The number of ketones is 1. The van der Waals surface area contributed by atoms with Crippen molar-refractivity contribution in [3.63, 3.8) is 0 Å². The van der Waals surface area contributed by atoms with Gasteiger partial charge >= 0.3 is 0 Å². The van der Waals surface area contributed by atoms with Gasteiger partial charge in [0, 0.05) is 45.6 Å². The van der Waals surface area contributed by atoms with Crippen molar-refractivity contribution in [3.8, 4) is 0 Å². The highest BCUT2D eigenvalue weighted by molar-refractivity contribution is 9.10. The third kappa shape index (κ3) is 2.33. The lowest BCUT2D eigenvalue weighted by atomic mass is 10.1. The number of para-hydroxylation sites is 1. The smallest absolute Gasteiger partial charge is 0.184 e. The third-order valence-electron chi connectivity index (χ3n) is 4.13. The Morgan fingerprint density at radius 1 is 1.24 bits per heavy atom. The van der Waals surface area contributed by atoms with Crippen molar-refractivity contribution >= 4 is 32.6 Å². The normalized spacial score (nSPS) is 11.2. The SMILES string of the molecule is Cc1cc(C(=O)Cn2cc(Br)c3ccccc32)c(C)n1C. The van der Waals surface area contributed by atoms with Crippen LogP contribution in [0.3, 0.4) is 0 Å². The quantitative estimate of drug-likeness (QED) is 0.652. The first kappa shape index (κ1) is 14.1. The first-order valence-electron chi connectivity index (χ1n) is 6.88. The summed E-state index contributed by atoms with van der Waals surface area (Å²) < 4.78 is 5.08. The van der Waals surface area contributed by atoms with E-state index in [-0.39, 0.29) is 5.78 Å². The van der Waals surface area contributed by atoms with Gasteiger partial charge in [0.25, 0.3) is 0 Å². The van der Waals surface area contributed by atoms with Gasteiger partial charge in [-0.15, -0.1) is 0 Å². The Labute approximate surface area is 132 Å². The van der Waals surface area contributed by atoms with Crippen LogP contribution < -0.4 is 0 Å². The Hall–Kier alpha value is -1.81. The average molecular weight is 345 g/mol. The lowest BCUT2D eigenvalue weighted by Crippen LogP contribution is -2.10. The number of Topliss-reactive ketones (excluding diaryl/α,β-unsaturated/α-hetero) is 1. The van der Waals surface area contributed by atoms with Crippen LogP contribution in [0, 0.1) is 13.8 Å². The van der Waals surface area contributed by atoms with Crippen LogP contribution >= 0.6 is 15.9 Å². The van der Waals surface area contributed by atoms with Crippen LogP contribution in [0.15, 0.2) is 41.0 Å². The number of nitrogens with zero attached hydrogens (tertiary/aromatic N) is 2. The number of carbonyl (C=O) groups is 1. The van der Waals surface area contributed by atoms with Crippen molar-refractivity contribution in [3.05, 3.63) is 58.0 Å². The maximum atomic E-state index is 12.6. The van der Waals surface area contributed by atoms with Crippen molar-refractivity contribution < 1.29 is 4.79 Å². The summed E-state index contributed by atoms with van der Waals surface area (Å²) in [5.74, 6) is 0.143. The van der Waals surface area contributed by atoms with Gasteiger partial charge in [-0.3, -0.25) is 4.79 Å². The highest BCUT2D eigenvalue weighted by Crippen LogP contribution is 2.26. The molecule has 0 aliphatic rings. The second kappa shape index (κ2) is 5.19. The summed E-state index contributed by atoms with van der Waals surface area (Å²) in [6, 6.07) is 10.1. The van der Waals surface area contributed by atoms with Crippen LogP contribution in [-0.4, -0.2) is 14.9 Å². The zero-order valence-corrected chi connectivity index (χ0v) is 13.9. The van der Waals surface area contributed by atoms with Crippen molar-refractivity contribution in [2.75, 3.05) is 0 Å². The number of rotatable bonds is 3. The molecule has 0 unspecified atom stereocenters. The molecule has 3 aromatic rings. The molecule has 21 heavy (non-hydrogen) atoms. The van der Waals surface area contributed by atoms with Crippen LogP contribution in [0.25, 0.3) is 10.9 Å². The van der Waals surface area contributed by atoms with E-state index in [0.717, 1.165) is 32.3 Å². The summed E-state index contributed by atoms with van der Waals surface area (Å²) >= 11 is 3.56. The van der Waals surface area contributed by atoms with Crippen molar-refractivity contribution in [2.45, 2.75) is 20.4 Å². The van der Waals surface area contributed by atoms with E-state index in [9.17, 15) is 4.79 Å². The largest absolute Gasteiger partial charge is 0.351 e. The minimum atomic E-state index is 0.143. The fraction of sp³-hybridized carbons (Fsp3) is 0.235. The Bertz CT molecular complexity index is 842. The van der Waals surface area contributed by atoms with E-state index in [1.54, 1.807) is 0 Å². The summed E-state index contributed by atoms with van der Waals surface area (Å²) in [5, 5.41) is 1.13. The number of hydrogen-bond acceptors (Lipinski definition) is 1. The van der Waals surface area contributed by atoms with Crippen LogP contribution in [0.2, 0.25) is 0 Å². The van der Waals surface area contributed by atoms with Crippen LogP contribution in [-0.2, 0) is 13.6 Å². The van der Waals surface area contributed by atoms with Gasteiger partial charge < -0.3 is 9.13 Å². The van der Waals surface area contributed by atoms with E-state index in [1.807, 2.05) is 55.9 Å². The van der Waals surface area contributed by atoms with E-state index in [2.05, 4.69) is 26.6 Å². The molecule has 0 atom stereocenters. The van der Waals surface area contributed by atoms with Gasteiger partial charge in [0.2, 0.25) is 0 Å². The second-order valence-corrected chi connectivity index (χ2v) is 6.24. The molecule has 0 aliphatic heterocycles. The first-order chi connectivity index (χ1) is 9.99. The maximum absolute atomic E-state index is 12.6. The van der Waals surface area contributed by atoms with Crippen LogP contribution in [0.1, 0.15) is 21.7 Å². The third-order valence-corrected chi connectivity index (χ3v) is 4.76. The second-order valence-electron chi connectivity index (χ2n) is 5.39. The summed E-state index contributed by atoms with van der Waals surface area (Å²) in [5.41, 5.74) is 4.01. The molecule has 0 fully saturated rings. The molecule has 3 nitrogen and oxygen atoms in total. The van der Waals surface area contributed by atoms with E-state index >= 15 is 0 Å². The van der Waals surface area contributed by atoms with Crippen molar-refractivity contribution in [1.82, 2.24) is 9.13 Å². The Kier molecular flexibility index (Phi) is 3.49. The van der Waals surface area contributed by atoms with Gasteiger partial charge in [-0.2, -0.15) is 0 Å². The molecule has 0 N–H and O–H groups in total. The van der Waals surface area contributed by atoms with E-state index < -0.39 is 0 Å². The minimum Gasteiger partial charge on any atom is -0.351 e. The molecule has 3 rings (SSSR count). The highest BCUT2D eigenvalue weighted by Gasteiger charge is 2.16. The molecule has 0 bridgehead atoms. The van der Waals surface area contributed by atoms with Crippen molar-refractivity contribution in [1.29, 1.82) is 0 Å². The van der Waals surface area contributed by atoms with Gasteiger partial charge in [0.05, 0.1) is 6.54 Å². The molecule has 4 heteroatoms. The van der Waals surface area contributed by atoms with E-state index in [0.29, 0.717) is 6.54 Å². The molecule has 0 spiro atoms. The van der Waals surface area contributed by atoms with Gasteiger partial charge in [0.15, 0.2) is 5.78 Å². The lowest BCUT2D eigenvalue weighted by molar-refractivity contribution is 0.0973. The summed E-state index contributed by atoms with van der Waals surface area (Å²) in [6.07, 6.45) is 1.98. The summed E-state index contributed by atoms with van der Waals surface area (Å²) in [6.45, 7) is 4.37. The topological polar surface area (TPSA) is 26.9 Å². The fourth-order valence-corrected chi connectivity index (χ4v) is 3.29. The maximum Gasteiger partial charge on any atom is 0.184 e. The molecule has 0 amide bonds. The van der Waals surface area contributed by atoms with Crippen LogP contribution in [0.4, 0.5) is 0 Å². The predicted molar refractivity (Wildman–Crippen MR) is 88.9 cm³/mol. The Balaban J connectivity index is 1.98. The zero-order chi connectivity index (χ0) is 15.1. The van der Waals surface area contributed by atoms with E-state index in [4.69, 9.17) is 0 Å². The molecule has 0 aliphatic carbocycles. The summed E-state index contributed by atoms with van der Waals surface area (Å²) in [7, 11) is 1.99. The number of aryl methyl sites for hydroxylation is 1. The Morgan fingerprint density at radius 2 is 1.95 bits per heavy atom. The van der Waals surface area contributed by atoms with Gasteiger partial charge in [0.1, 0.15) is 0 Å². The number of aromatic nitrogens is 2. The molecular weight excluding hydrogens is 328 g/mol. The average Bonchev–Trinajstić information content (AvgIpc) is 2.92. The van der Waals surface area contributed by atoms with Gasteiger partial charge in [-0.05, 0) is 41.9 Å². The first-order valence-corrected chi connectivity index (χ1v) is 7.68. The lowest BCUT2D eigenvalue weighted by Gasteiger charge is -2.05. The van der Waals surface area contributed by atoms with E-state index in [1.165, 1.54) is 0 Å². The predicted octanol–water partition coefficient (Wildman–Crippen LogP) is 4.24. The minimum absolute atomic E-state index is 0.143. The number of carbonyl (C=O) groups excluding carboxylic acids is 1. The monoisotopic (exact) mass is 344 g/mol. The highest BCUT2D eigenvalue weighted by atomic mass is 79.9. The number of hydrogen-bond donors (Lipinski definition) is 0. The van der Waals surface area contributed by atoms with Gasteiger partial charge in [-0.25, -0.2) is 0 Å². The summed E-state index contributed by atoms with van der Waals surface area (Å²) in [4.78, 5) is 12.6. The van der Waals surface area contributed by atoms with Crippen LogP contribution in [0.5, 0.6) is 0 Å². The molecular formula is C17H17BrN2O. The standard InChI is InChI=1S/C17H17BrN2O/c1-11-8-14(12(2)19(11)3)17(21)10-20-9-15(18)13-6-4-5-7-16(13)20/h4-9H,10H2,1-3H3. The fourth-order valence-electron chi connectivity index (χ4n) is 2.71. The molecule has 1 aromatic carbocycles. The molecule has 108 valence electrons. The van der Waals surface area contributed by atoms with Crippen molar-refractivity contribution in [2.24, 2.45) is 7.05 Å².